The summed E-state index contributed by atoms with van der Waals surface area (Å²) in [5.41, 5.74) is 3.93. The maximum Gasteiger partial charge on any atom is 0.291 e. The van der Waals surface area contributed by atoms with Crippen LogP contribution in [0.5, 0.6) is 0 Å². The van der Waals surface area contributed by atoms with E-state index in [1.54, 1.807) is 35.1 Å². The van der Waals surface area contributed by atoms with Crippen molar-refractivity contribution in [2.45, 2.75) is 6.54 Å². The fourth-order valence-electron chi connectivity index (χ4n) is 2.19. The van der Waals surface area contributed by atoms with E-state index in [9.17, 15) is 9.18 Å². The third kappa shape index (κ3) is 4.60. The van der Waals surface area contributed by atoms with Crippen LogP contribution in [0.4, 0.5) is 4.39 Å². The Labute approximate surface area is 152 Å². The SMILES string of the molecule is O=C(N/N=C\c1ccccc1F)c1ccn(Cc2cccc(Br)c2)n1. The summed E-state index contributed by atoms with van der Waals surface area (Å²) >= 11 is 3.42. The lowest BCUT2D eigenvalue weighted by molar-refractivity contribution is 0.0949. The smallest absolute Gasteiger partial charge is 0.268 e. The summed E-state index contributed by atoms with van der Waals surface area (Å²) in [5, 5.41) is 7.98. The van der Waals surface area contributed by atoms with Gasteiger partial charge in [-0.15, -0.1) is 0 Å². The minimum atomic E-state index is -0.458. The number of hydrogen-bond donors (Lipinski definition) is 1. The summed E-state index contributed by atoms with van der Waals surface area (Å²) in [6, 6.07) is 15.6. The predicted octanol–water partition coefficient (Wildman–Crippen LogP) is 3.60. The molecule has 1 amide bonds. The maximum atomic E-state index is 13.5. The Bertz CT molecular complexity index is 923. The molecule has 2 aromatic carbocycles. The molecule has 0 atom stereocenters. The van der Waals surface area contributed by atoms with Gasteiger partial charge in [0.2, 0.25) is 0 Å². The van der Waals surface area contributed by atoms with E-state index in [2.05, 4.69) is 31.6 Å². The third-order valence-electron chi connectivity index (χ3n) is 3.38. The highest BCUT2D eigenvalue weighted by Gasteiger charge is 2.09. The average Bonchev–Trinajstić information content (AvgIpc) is 3.05. The first-order valence-corrected chi connectivity index (χ1v) is 8.27. The van der Waals surface area contributed by atoms with E-state index < -0.39 is 11.7 Å². The molecule has 1 heterocycles. The van der Waals surface area contributed by atoms with Gasteiger partial charge in [0.25, 0.3) is 5.91 Å². The van der Waals surface area contributed by atoms with Crippen molar-refractivity contribution in [2.75, 3.05) is 0 Å². The summed E-state index contributed by atoms with van der Waals surface area (Å²) in [5.74, 6) is -0.862. The number of aromatic nitrogens is 2. The molecule has 3 rings (SSSR count). The summed E-state index contributed by atoms with van der Waals surface area (Å²) < 4.78 is 16.1. The van der Waals surface area contributed by atoms with Gasteiger partial charge in [-0.1, -0.05) is 46.3 Å². The highest BCUT2D eigenvalue weighted by Crippen LogP contribution is 2.12. The zero-order chi connectivity index (χ0) is 17.6. The molecule has 1 aromatic heterocycles. The first-order chi connectivity index (χ1) is 12.1. The lowest BCUT2D eigenvalue weighted by atomic mass is 10.2. The predicted molar refractivity (Wildman–Crippen MR) is 96.9 cm³/mol. The van der Waals surface area contributed by atoms with Crippen molar-refractivity contribution >= 4 is 28.1 Å². The number of carbonyl (C=O) groups is 1. The Kier molecular flexibility index (Phi) is 5.35. The number of hydrogen-bond acceptors (Lipinski definition) is 3. The Morgan fingerprint density at radius 1 is 1.24 bits per heavy atom. The van der Waals surface area contributed by atoms with Crippen LogP contribution in [0.1, 0.15) is 21.6 Å². The number of rotatable bonds is 5. The first kappa shape index (κ1) is 17.0. The Balaban J connectivity index is 1.62. The average molecular weight is 401 g/mol. The number of amides is 1. The van der Waals surface area contributed by atoms with Crippen molar-refractivity contribution in [3.63, 3.8) is 0 Å². The van der Waals surface area contributed by atoms with Crippen LogP contribution in [0.2, 0.25) is 0 Å². The third-order valence-corrected chi connectivity index (χ3v) is 3.88. The largest absolute Gasteiger partial charge is 0.291 e. The summed E-state index contributed by atoms with van der Waals surface area (Å²) in [4.78, 5) is 12.0. The molecule has 25 heavy (non-hydrogen) atoms. The maximum absolute atomic E-state index is 13.5. The molecule has 0 saturated carbocycles. The second kappa shape index (κ2) is 7.85. The fourth-order valence-corrected chi connectivity index (χ4v) is 2.64. The van der Waals surface area contributed by atoms with Gasteiger partial charge in [-0.3, -0.25) is 9.48 Å². The van der Waals surface area contributed by atoms with Gasteiger partial charge in [0.05, 0.1) is 12.8 Å². The fraction of sp³-hybridized carbons (Fsp3) is 0.0556. The molecule has 5 nitrogen and oxygen atoms in total. The highest BCUT2D eigenvalue weighted by molar-refractivity contribution is 9.10. The molecular weight excluding hydrogens is 387 g/mol. The number of nitrogens with zero attached hydrogens (tertiary/aromatic N) is 3. The molecule has 126 valence electrons. The zero-order valence-electron chi connectivity index (χ0n) is 13.1. The number of hydrazone groups is 1. The monoisotopic (exact) mass is 400 g/mol. The van der Waals surface area contributed by atoms with E-state index in [1.165, 1.54) is 12.3 Å². The Morgan fingerprint density at radius 2 is 2.08 bits per heavy atom. The van der Waals surface area contributed by atoms with Gasteiger partial charge in [0, 0.05) is 16.2 Å². The standard InChI is InChI=1S/C18H14BrFN4O/c19-15-6-3-4-13(10-15)12-24-9-8-17(23-24)18(25)22-21-11-14-5-1-2-7-16(14)20/h1-11H,12H2,(H,22,25)/b21-11-. The van der Waals surface area contributed by atoms with E-state index in [4.69, 9.17) is 0 Å². The van der Waals surface area contributed by atoms with Crippen LogP contribution >= 0.6 is 15.9 Å². The first-order valence-electron chi connectivity index (χ1n) is 7.47. The molecule has 1 N–H and O–H groups in total. The van der Waals surface area contributed by atoms with Gasteiger partial charge in [-0.05, 0) is 29.8 Å². The Morgan fingerprint density at radius 3 is 2.88 bits per heavy atom. The van der Waals surface area contributed by atoms with Crippen molar-refractivity contribution in [3.05, 3.63) is 87.9 Å². The van der Waals surface area contributed by atoms with E-state index in [1.807, 2.05) is 24.3 Å². The number of benzene rings is 2. The molecule has 3 aromatic rings. The number of nitrogens with one attached hydrogen (secondary N) is 1. The van der Waals surface area contributed by atoms with Gasteiger partial charge >= 0.3 is 0 Å². The molecule has 0 aliphatic rings. The molecule has 0 aliphatic carbocycles. The lowest BCUT2D eigenvalue weighted by Gasteiger charge is -2.02. The Hall–Kier alpha value is -2.80. The van der Waals surface area contributed by atoms with Crippen LogP contribution in [0.3, 0.4) is 0 Å². The van der Waals surface area contributed by atoms with Crippen LogP contribution in [-0.2, 0) is 6.54 Å². The zero-order valence-corrected chi connectivity index (χ0v) is 14.6. The van der Waals surface area contributed by atoms with Gasteiger partial charge in [0.1, 0.15) is 5.82 Å². The van der Waals surface area contributed by atoms with Gasteiger partial charge in [0.15, 0.2) is 5.69 Å². The van der Waals surface area contributed by atoms with E-state index in [0.717, 1.165) is 10.0 Å². The normalized spacial score (nSPS) is 11.0. The second-order valence-corrected chi connectivity index (χ2v) is 6.16. The van der Waals surface area contributed by atoms with Crippen molar-refractivity contribution in [1.82, 2.24) is 15.2 Å². The van der Waals surface area contributed by atoms with E-state index >= 15 is 0 Å². The molecule has 0 spiro atoms. The van der Waals surface area contributed by atoms with Crippen LogP contribution in [0.15, 0.2) is 70.4 Å². The second-order valence-electron chi connectivity index (χ2n) is 5.25. The highest BCUT2D eigenvalue weighted by atomic mass is 79.9. The quantitative estimate of drug-likeness (QED) is 0.525. The summed E-state index contributed by atoms with van der Waals surface area (Å²) in [6.45, 7) is 0.547. The molecule has 7 heteroatoms. The number of carbonyl (C=O) groups excluding carboxylic acids is 1. The summed E-state index contributed by atoms with van der Waals surface area (Å²) in [6.07, 6.45) is 2.97. The molecule has 0 bridgehead atoms. The van der Waals surface area contributed by atoms with Gasteiger partial charge < -0.3 is 0 Å². The van der Waals surface area contributed by atoms with Crippen molar-refractivity contribution in [3.8, 4) is 0 Å². The molecule has 0 fully saturated rings. The van der Waals surface area contributed by atoms with Crippen molar-refractivity contribution in [2.24, 2.45) is 5.10 Å². The van der Waals surface area contributed by atoms with Gasteiger partial charge in [-0.2, -0.15) is 10.2 Å². The van der Waals surface area contributed by atoms with Crippen LogP contribution in [0.25, 0.3) is 0 Å². The van der Waals surface area contributed by atoms with E-state index in [0.29, 0.717) is 12.1 Å². The lowest BCUT2D eigenvalue weighted by Crippen LogP contribution is -2.18. The topological polar surface area (TPSA) is 59.3 Å². The van der Waals surface area contributed by atoms with Crippen LogP contribution < -0.4 is 5.43 Å². The van der Waals surface area contributed by atoms with Gasteiger partial charge in [-0.25, -0.2) is 9.82 Å². The number of halogens is 2. The van der Waals surface area contributed by atoms with Crippen molar-refractivity contribution < 1.29 is 9.18 Å². The molecule has 0 saturated heterocycles. The minimum absolute atomic E-state index is 0.237. The van der Waals surface area contributed by atoms with Crippen molar-refractivity contribution in [1.29, 1.82) is 0 Å². The van der Waals surface area contributed by atoms with Crippen LogP contribution in [0, 0.1) is 5.82 Å². The molecular formula is C18H14BrFN4O. The van der Waals surface area contributed by atoms with E-state index in [-0.39, 0.29) is 5.69 Å². The molecule has 0 radical (unpaired) electrons. The molecule has 0 unspecified atom stereocenters. The van der Waals surface area contributed by atoms with Crippen LogP contribution in [-0.4, -0.2) is 21.9 Å². The minimum Gasteiger partial charge on any atom is -0.268 e. The summed E-state index contributed by atoms with van der Waals surface area (Å²) in [7, 11) is 0. The molecule has 0 aliphatic heterocycles.